The number of likely N-dealkylation sites (tertiary alicyclic amines) is 1. The van der Waals surface area contributed by atoms with E-state index < -0.39 is 0 Å². The van der Waals surface area contributed by atoms with E-state index >= 15 is 0 Å². The molecule has 0 unspecified atom stereocenters. The highest BCUT2D eigenvalue weighted by Crippen LogP contribution is 2.36. The normalized spacial score (nSPS) is 23.6. The number of hydrogen-bond acceptors (Lipinski definition) is 4. The average molecular weight is 369 g/mol. The van der Waals surface area contributed by atoms with Crippen LogP contribution in [0.3, 0.4) is 0 Å². The van der Waals surface area contributed by atoms with Gasteiger partial charge in [-0.3, -0.25) is 4.68 Å². The maximum absolute atomic E-state index is 12.7. The van der Waals surface area contributed by atoms with Crippen molar-refractivity contribution >= 4 is 11.7 Å². The van der Waals surface area contributed by atoms with Gasteiger partial charge in [-0.25, -0.2) is 9.78 Å². The zero-order valence-electron chi connectivity index (χ0n) is 15.7. The van der Waals surface area contributed by atoms with Crippen LogP contribution in [-0.2, 0) is 7.05 Å². The van der Waals surface area contributed by atoms with Gasteiger partial charge in [0.2, 0.25) is 0 Å². The Morgan fingerprint density at radius 2 is 1.93 bits per heavy atom. The summed E-state index contributed by atoms with van der Waals surface area (Å²) in [7, 11) is 1.83. The van der Waals surface area contributed by atoms with Gasteiger partial charge in [-0.2, -0.15) is 5.10 Å². The van der Waals surface area contributed by atoms with Crippen LogP contribution in [0.25, 0.3) is 11.4 Å². The molecule has 1 saturated heterocycles. The summed E-state index contributed by atoms with van der Waals surface area (Å²) in [6.07, 6.45) is 6.91. The van der Waals surface area contributed by atoms with Gasteiger partial charge < -0.3 is 15.3 Å². The number of aliphatic hydroxyl groups is 1. The van der Waals surface area contributed by atoms with Crippen molar-refractivity contribution in [2.45, 2.75) is 38.2 Å². The van der Waals surface area contributed by atoms with Crippen LogP contribution in [0.15, 0.2) is 30.6 Å². The Labute approximate surface area is 159 Å². The zero-order valence-corrected chi connectivity index (χ0v) is 15.7. The number of aromatic nitrogens is 3. The van der Waals surface area contributed by atoms with Crippen molar-refractivity contribution in [1.29, 1.82) is 0 Å². The van der Waals surface area contributed by atoms with E-state index in [1.165, 1.54) is 25.7 Å². The van der Waals surface area contributed by atoms with E-state index in [0.717, 1.165) is 11.3 Å². The van der Waals surface area contributed by atoms with Crippen molar-refractivity contribution in [3.05, 3.63) is 30.6 Å². The average Bonchev–Trinajstić information content (AvgIpc) is 3.34. The number of nitrogens with one attached hydrogen (secondary N) is 1. The number of anilines is 1. The molecule has 2 heterocycles. The van der Waals surface area contributed by atoms with Crippen molar-refractivity contribution < 1.29 is 9.90 Å². The van der Waals surface area contributed by atoms with Crippen molar-refractivity contribution in [1.82, 2.24) is 19.7 Å². The van der Waals surface area contributed by atoms with Gasteiger partial charge in [0.1, 0.15) is 6.33 Å². The molecule has 7 heteroatoms. The molecule has 2 fully saturated rings. The zero-order chi connectivity index (χ0) is 18.8. The van der Waals surface area contributed by atoms with Gasteiger partial charge in [-0.05, 0) is 36.6 Å². The van der Waals surface area contributed by atoms with Crippen molar-refractivity contribution in [3.8, 4) is 11.4 Å². The van der Waals surface area contributed by atoms with Gasteiger partial charge in [0.05, 0.1) is 6.10 Å². The summed E-state index contributed by atoms with van der Waals surface area (Å²) in [5.74, 6) is 1.44. The number of nitrogens with zero attached hydrogens (tertiary/aromatic N) is 4. The minimum Gasteiger partial charge on any atom is -0.393 e. The Hall–Kier alpha value is -2.41. The number of aliphatic hydroxyl groups excluding tert-OH is 1. The predicted octanol–water partition coefficient (Wildman–Crippen LogP) is 2.89. The highest BCUT2D eigenvalue weighted by atomic mass is 16.3. The Balaban J connectivity index is 1.38. The number of benzene rings is 1. The highest BCUT2D eigenvalue weighted by Gasteiger charge is 2.36. The molecule has 27 heavy (non-hydrogen) atoms. The molecule has 4 rings (SSSR count). The molecule has 1 aromatic carbocycles. The summed E-state index contributed by atoms with van der Waals surface area (Å²) in [5, 5.41) is 17.7. The molecule has 2 N–H and O–H groups in total. The first-order chi connectivity index (χ1) is 13.1. The molecule has 144 valence electrons. The fraction of sp³-hybridized carbons (Fsp3) is 0.550. The first-order valence-electron chi connectivity index (χ1n) is 9.80. The monoisotopic (exact) mass is 369 g/mol. The van der Waals surface area contributed by atoms with Crippen molar-refractivity contribution in [2.75, 3.05) is 18.4 Å². The number of carbonyl (C=O) groups is 1. The number of amides is 2. The van der Waals surface area contributed by atoms with Gasteiger partial charge in [0.25, 0.3) is 0 Å². The Bertz CT molecular complexity index is 782. The minimum atomic E-state index is -0.276. The summed E-state index contributed by atoms with van der Waals surface area (Å²) in [4.78, 5) is 18.8. The molecule has 2 aliphatic rings. The highest BCUT2D eigenvalue weighted by molar-refractivity contribution is 5.89. The SMILES string of the molecule is Cn1cnc(-c2ccc(NC(=O)N3CC[C@@H](O)[C@H](C4CCCC4)C3)cc2)n1. The molecule has 1 aliphatic heterocycles. The number of rotatable bonds is 3. The van der Waals surface area contributed by atoms with E-state index in [9.17, 15) is 9.90 Å². The molecule has 7 nitrogen and oxygen atoms in total. The van der Waals surface area contributed by atoms with Gasteiger partial charge in [-0.15, -0.1) is 0 Å². The first-order valence-corrected chi connectivity index (χ1v) is 9.80. The molecule has 1 aliphatic carbocycles. The first kappa shape index (κ1) is 18.0. The lowest BCUT2D eigenvalue weighted by atomic mass is 9.82. The molecular formula is C20H27N5O2. The lowest BCUT2D eigenvalue weighted by Crippen LogP contribution is -2.49. The lowest BCUT2D eigenvalue weighted by molar-refractivity contribution is 0.0144. The van der Waals surface area contributed by atoms with Crippen molar-refractivity contribution in [2.24, 2.45) is 18.9 Å². The van der Waals surface area contributed by atoms with Gasteiger partial charge in [-0.1, -0.05) is 25.7 Å². The van der Waals surface area contributed by atoms with Crippen LogP contribution in [0.4, 0.5) is 10.5 Å². The van der Waals surface area contributed by atoms with Gasteiger partial charge >= 0.3 is 6.03 Å². The Morgan fingerprint density at radius 3 is 2.59 bits per heavy atom. The second-order valence-corrected chi connectivity index (χ2v) is 7.76. The quantitative estimate of drug-likeness (QED) is 0.871. The molecule has 1 saturated carbocycles. The standard InChI is InChI=1S/C20H27N5O2/c1-24-13-21-19(23-24)15-6-8-16(9-7-15)22-20(27)25-11-10-18(26)17(12-25)14-4-2-3-5-14/h6-9,13-14,17-18,26H,2-5,10-12H2,1H3,(H,22,27)/t17-,18+/m0/s1. The number of urea groups is 1. The summed E-state index contributed by atoms with van der Waals surface area (Å²) < 4.78 is 1.66. The van der Waals surface area contributed by atoms with Crippen LogP contribution < -0.4 is 5.32 Å². The van der Waals surface area contributed by atoms with E-state index in [0.29, 0.717) is 31.3 Å². The largest absolute Gasteiger partial charge is 0.393 e. The molecule has 2 amide bonds. The number of piperidine rings is 1. The summed E-state index contributed by atoms with van der Waals surface area (Å²) in [6.45, 7) is 1.25. The summed E-state index contributed by atoms with van der Waals surface area (Å²) in [5.41, 5.74) is 1.67. The van der Waals surface area contributed by atoms with Crippen LogP contribution >= 0.6 is 0 Å². The summed E-state index contributed by atoms with van der Waals surface area (Å²) in [6, 6.07) is 7.47. The summed E-state index contributed by atoms with van der Waals surface area (Å²) >= 11 is 0. The van der Waals surface area contributed by atoms with Crippen LogP contribution in [0.1, 0.15) is 32.1 Å². The smallest absolute Gasteiger partial charge is 0.321 e. The second-order valence-electron chi connectivity index (χ2n) is 7.76. The molecule has 1 aromatic heterocycles. The lowest BCUT2D eigenvalue weighted by Gasteiger charge is -2.39. The van der Waals surface area contributed by atoms with E-state index in [1.54, 1.807) is 11.0 Å². The van der Waals surface area contributed by atoms with Gasteiger partial charge in [0.15, 0.2) is 5.82 Å². The molecule has 2 atom stereocenters. The van der Waals surface area contributed by atoms with E-state index in [2.05, 4.69) is 15.4 Å². The maximum atomic E-state index is 12.7. The topological polar surface area (TPSA) is 83.3 Å². The maximum Gasteiger partial charge on any atom is 0.321 e. The number of carbonyl (C=O) groups excluding carboxylic acids is 1. The Morgan fingerprint density at radius 1 is 1.19 bits per heavy atom. The molecule has 0 bridgehead atoms. The third-order valence-corrected chi connectivity index (χ3v) is 5.91. The fourth-order valence-electron chi connectivity index (χ4n) is 4.38. The Kier molecular flexibility index (Phi) is 5.11. The fourth-order valence-corrected chi connectivity index (χ4v) is 4.38. The third-order valence-electron chi connectivity index (χ3n) is 5.91. The van der Waals surface area contributed by atoms with E-state index in [4.69, 9.17) is 0 Å². The molecular weight excluding hydrogens is 342 g/mol. The van der Waals surface area contributed by atoms with Crippen LogP contribution in [-0.4, -0.2) is 50.0 Å². The molecule has 0 radical (unpaired) electrons. The number of aryl methyl sites for hydroxylation is 1. The second kappa shape index (κ2) is 7.68. The van der Waals surface area contributed by atoms with Crippen LogP contribution in [0.2, 0.25) is 0 Å². The van der Waals surface area contributed by atoms with Gasteiger partial charge in [0, 0.05) is 37.3 Å². The molecule has 0 spiro atoms. The van der Waals surface area contributed by atoms with Crippen molar-refractivity contribution in [3.63, 3.8) is 0 Å². The van der Waals surface area contributed by atoms with Crippen LogP contribution in [0, 0.1) is 11.8 Å². The van der Waals surface area contributed by atoms with E-state index in [1.807, 2.05) is 36.2 Å². The van der Waals surface area contributed by atoms with Crippen LogP contribution in [0.5, 0.6) is 0 Å². The third kappa shape index (κ3) is 3.98. The van der Waals surface area contributed by atoms with E-state index in [-0.39, 0.29) is 18.1 Å². The minimum absolute atomic E-state index is 0.0893. The molecule has 2 aromatic rings. The predicted molar refractivity (Wildman–Crippen MR) is 103 cm³/mol. The number of hydrogen-bond donors (Lipinski definition) is 2.